The number of nitrogens with one attached hydrogen (secondary N) is 1. The molecule has 1 fully saturated rings. The molecular weight excluding hydrogens is 228 g/mol. The van der Waals surface area contributed by atoms with Crippen molar-refractivity contribution in [3.63, 3.8) is 0 Å². The lowest BCUT2D eigenvalue weighted by molar-refractivity contribution is -0.112. The summed E-state index contributed by atoms with van der Waals surface area (Å²) in [5, 5.41) is 2.62. The number of amides is 1. The van der Waals surface area contributed by atoms with Crippen molar-refractivity contribution in [2.24, 2.45) is 11.8 Å². The highest BCUT2D eigenvalue weighted by molar-refractivity contribution is 6.51. The van der Waals surface area contributed by atoms with E-state index in [0.29, 0.717) is 23.1 Å². The number of ketones is 1. The molecule has 1 aromatic carbocycles. The van der Waals surface area contributed by atoms with Gasteiger partial charge in [0.25, 0.3) is 11.7 Å². The maximum absolute atomic E-state index is 11.5. The summed E-state index contributed by atoms with van der Waals surface area (Å²) < 4.78 is 0. The van der Waals surface area contributed by atoms with E-state index in [9.17, 15) is 9.59 Å². The molecular formula is C14H16N2O2. The smallest absolute Gasteiger partial charge is 0.296 e. The number of hydrogen-bond acceptors (Lipinski definition) is 3. The first-order valence-electron chi connectivity index (χ1n) is 6.31. The first-order valence-corrected chi connectivity index (χ1v) is 6.31. The molecule has 0 aliphatic carbocycles. The van der Waals surface area contributed by atoms with E-state index >= 15 is 0 Å². The van der Waals surface area contributed by atoms with Gasteiger partial charge in [0, 0.05) is 18.8 Å². The van der Waals surface area contributed by atoms with Gasteiger partial charge in [-0.3, -0.25) is 9.59 Å². The van der Waals surface area contributed by atoms with Crippen LogP contribution in [-0.4, -0.2) is 24.8 Å². The molecule has 4 heteroatoms. The maximum atomic E-state index is 11.5. The van der Waals surface area contributed by atoms with Gasteiger partial charge in [-0.05, 0) is 30.0 Å². The first kappa shape index (κ1) is 11.3. The summed E-state index contributed by atoms with van der Waals surface area (Å²) in [5.74, 6) is 0.397. The number of hydrogen-bond donors (Lipinski definition) is 1. The van der Waals surface area contributed by atoms with Crippen molar-refractivity contribution in [3.8, 4) is 0 Å². The zero-order valence-electron chi connectivity index (χ0n) is 10.6. The van der Waals surface area contributed by atoms with Crippen LogP contribution in [0.4, 0.5) is 11.4 Å². The molecule has 2 heterocycles. The SMILES string of the molecule is CC1CN(c2ccc3c(c2)NC(=O)C3=O)CC1C. The summed E-state index contributed by atoms with van der Waals surface area (Å²) in [6, 6.07) is 5.59. The molecule has 0 bridgehead atoms. The number of carbonyl (C=O) groups is 2. The van der Waals surface area contributed by atoms with E-state index in [1.807, 2.05) is 12.1 Å². The summed E-state index contributed by atoms with van der Waals surface area (Å²) in [6.07, 6.45) is 0. The third kappa shape index (κ3) is 1.60. The van der Waals surface area contributed by atoms with E-state index in [-0.39, 0.29) is 0 Å². The molecule has 94 valence electrons. The number of carbonyl (C=O) groups excluding carboxylic acids is 2. The molecule has 1 aromatic rings. The lowest BCUT2D eigenvalue weighted by atomic mass is 10.0. The molecule has 2 aliphatic rings. The summed E-state index contributed by atoms with van der Waals surface area (Å²) >= 11 is 0. The Morgan fingerprint density at radius 2 is 1.83 bits per heavy atom. The van der Waals surface area contributed by atoms with Gasteiger partial charge in [0.15, 0.2) is 0 Å². The third-order valence-corrected chi connectivity index (χ3v) is 4.06. The molecule has 0 spiro atoms. The number of nitrogens with zero attached hydrogens (tertiary/aromatic N) is 1. The minimum absolute atomic E-state index is 0.431. The second kappa shape index (κ2) is 3.83. The minimum atomic E-state index is -0.523. The average Bonchev–Trinajstić information content (AvgIpc) is 2.81. The second-order valence-corrected chi connectivity index (χ2v) is 5.37. The fourth-order valence-corrected chi connectivity index (χ4v) is 2.67. The van der Waals surface area contributed by atoms with Crippen LogP contribution in [0.15, 0.2) is 18.2 Å². The minimum Gasteiger partial charge on any atom is -0.371 e. The molecule has 0 aromatic heterocycles. The predicted molar refractivity (Wildman–Crippen MR) is 69.9 cm³/mol. The van der Waals surface area contributed by atoms with Gasteiger partial charge in [0.2, 0.25) is 0 Å². The molecule has 0 radical (unpaired) electrons. The number of Topliss-reactive ketones (excluding diaryl/α,β-unsaturated/α-hetero) is 1. The Bertz CT molecular complexity index is 529. The van der Waals surface area contributed by atoms with Crippen LogP contribution in [0.1, 0.15) is 24.2 Å². The third-order valence-electron chi connectivity index (χ3n) is 4.06. The zero-order valence-corrected chi connectivity index (χ0v) is 10.6. The van der Waals surface area contributed by atoms with Gasteiger partial charge < -0.3 is 10.2 Å². The summed E-state index contributed by atoms with van der Waals surface area (Å²) in [7, 11) is 0. The van der Waals surface area contributed by atoms with E-state index in [0.717, 1.165) is 18.8 Å². The lowest BCUT2D eigenvalue weighted by Gasteiger charge is -2.19. The fraction of sp³-hybridized carbons (Fsp3) is 0.429. The van der Waals surface area contributed by atoms with Crippen molar-refractivity contribution in [1.29, 1.82) is 0 Å². The van der Waals surface area contributed by atoms with Crippen LogP contribution in [0.2, 0.25) is 0 Å². The molecule has 2 aliphatic heterocycles. The van der Waals surface area contributed by atoms with Crippen molar-refractivity contribution < 1.29 is 9.59 Å². The predicted octanol–water partition coefficient (Wildman–Crippen LogP) is 1.91. The van der Waals surface area contributed by atoms with E-state index in [2.05, 4.69) is 24.1 Å². The Kier molecular flexibility index (Phi) is 2.40. The lowest BCUT2D eigenvalue weighted by Crippen LogP contribution is -2.19. The summed E-state index contributed by atoms with van der Waals surface area (Å²) in [4.78, 5) is 25.1. The highest BCUT2D eigenvalue weighted by atomic mass is 16.2. The Hall–Kier alpha value is -1.84. The van der Waals surface area contributed by atoms with Crippen molar-refractivity contribution in [2.75, 3.05) is 23.3 Å². The van der Waals surface area contributed by atoms with Crippen molar-refractivity contribution in [2.45, 2.75) is 13.8 Å². The van der Waals surface area contributed by atoms with Gasteiger partial charge in [-0.2, -0.15) is 0 Å². The van der Waals surface area contributed by atoms with Crippen LogP contribution in [0.3, 0.4) is 0 Å². The number of benzene rings is 1. The Morgan fingerprint density at radius 3 is 2.50 bits per heavy atom. The van der Waals surface area contributed by atoms with Gasteiger partial charge >= 0.3 is 0 Å². The Morgan fingerprint density at radius 1 is 1.17 bits per heavy atom. The number of fused-ring (bicyclic) bond motifs is 1. The molecule has 4 nitrogen and oxygen atoms in total. The van der Waals surface area contributed by atoms with Gasteiger partial charge in [0.1, 0.15) is 0 Å². The Labute approximate surface area is 106 Å². The van der Waals surface area contributed by atoms with Crippen molar-refractivity contribution >= 4 is 23.1 Å². The molecule has 18 heavy (non-hydrogen) atoms. The van der Waals surface area contributed by atoms with Crippen LogP contribution in [0, 0.1) is 11.8 Å². The van der Waals surface area contributed by atoms with Gasteiger partial charge in [-0.25, -0.2) is 0 Å². The van der Waals surface area contributed by atoms with Gasteiger partial charge in [-0.1, -0.05) is 13.8 Å². The van der Waals surface area contributed by atoms with Crippen LogP contribution < -0.4 is 10.2 Å². The van der Waals surface area contributed by atoms with E-state index in [1.54, 1.807) is 6.07 Å². The molecule has 1 N–H and O–H groups in total. The average molecular weight is 244 g/mol. The molecule has 2 unspecified atom stereocenters. The highest BCUT2D eigenvalue weighted by Gasteiger charge is 2.30. The molecule has 2 atom stereocenters. The quantitative estimate of drug-likeness (QED) is 0.768. The van der Waals surface area contributed by atoms with Crippen molar-refractivity contribution in [3.05, 3.63) is 23.8 Å². The van der Waals surface area contributed by atoms with Crippen LogP contribution in [0.5, 0.6) is 0 Å². The van der Waals surface area contributed by atoms with Gasteiger partial charge in [-0.15, -0.1) is 0 Å². The van der Waals surface area contributed by atoms with Crippen molar-refractivity contribution in [1.82, 2.24) is 0 Å². The largest absolute Gasteiger partial charge is 0.371 e. The zero-order chi connectivity index (χ0) is 12.9. The van der Waals surface area contributed by atoms with Crippen LogP contribution in [-0.2, 0) is 4.79 Å². The van der Waals surface area contributed by atoms with E-state index < -0.39 is 11.7 Å². The number of rotatable bonds is 1. The maximum Gasteiger partial charge on any atom is 0.296 e. The molecule has 1 saturated heterocycles. The molecule has 3 rings (SSSR count). The standard InChI is InChI=1S/C14H16N2O2/c1-8-6-16(7-9(8)2)10-3-4-11-12(5-10)15-14(18)13(11)17/h3-5,8-9H,6-7H2,1-2H3,(H,15,17,18). The van der Waals surface area contributed by atoms with Gasteiger partial charge in [0.05, 0.1) is 11.3 Å². The fourth-order valence-electron chi connectivity index (χ4n) is 2.67. The highest BCUT2D eigenvalue weighted by Crippen LogP contribution is 2.32. The summed E-state index contributed by atoms with van der Waals surface area (Å²) in [6.45, 7) is 6.57. The molecule has 1 amide bonds. The number of anilines is 2. The van der Waals surface area contributed by atoms with E-state index in [4.69, 9.17) is 0 Å². The first-order chi connectivity index (χ1) is 8.56. The molecule has 0 saturated carbocycles. The Balaban J connectivity index is 1.91. The topological polar surface area (TPSA) is 49.4 Å². The monoisotopic (exact) mass is 244 g/mol. The normalized spacial score (nSPS) is 26.4. The van der Waals surface area contributed by atoms with Crippen LogP contribution in [0.25, 0.3) is 0 Å². The van der Waals surface area contributed by atoms with E-state index in [1.165, 1.54) is 0 Å². The van der Waals surface area contributed by atoms with Crippen LogP contribution >= 0.6 is 0 Å². The second-order valence-electron chi connectivity index (χ2n) is 5.37. The summed E-state index contributed by atoms with van der Waals surface area (Å²) in [5.41, 5.74) is 2.22.